The summed E-state index contributed by atoms with van der Waals surface area (Å²) in [5, 5.41) is 3.39. The summed E-state index contributed by atoms with van der Waals surface area (Å²) in [5.41, 5.74) is 0. The van der Waals surface area contributed by atoms with E-state index in [0.717, 1.165) is 32.1 Å². The van der Waals surface area contributed by atoms with Gasteiger partial charge in [-0.05, 0) is 32.7 Å². The summed E-state index contributed by atoms with van der Waals surface area (Å²) >= 11 is 0. The van der Waals surface area contributed by atoms with Crippen molar-refractivity contribution in [1.82, 2.24) is 14.9 Å². The molecule has 20 heavy (non-hydrogen) atoms. The molecule has 0 aliphatic carbocycles. The van der Waals surface area contributed by atoms with E-state index < -0.39 is 10.0 Å². The lowest BCUT2D eigenvalue weighted by molar-refractivity contribution is 0.0951. The second kappa shape index (κ2) is 8.43. The maximum atomic E-state index is 11.5. The number of ether oxygens (including phenoxy) is 1. The third-order valence-electron chi connectivity index (χ3n) is 3.17. The molecule has 1 amide bonds. The molecule has 1 fully saturated rings. The first-order valence-corrected chi connectivity index (χ1v) is 8.91. The number of amides is 1. The molecule has 2 N–H and O–H groups in total. The molecule has 1 aliphatic rings. The molecule has 8 heteroatoms. The van der Waals surface area contributed by atoms with Crippen LogP contribution < -0.4 is 10.0 Å². The zero-order chi connectivity index (χ0) is 15.0. The highest BCUT2D eigenvalue weighted by molar-refractivity contribution is 7.88. The molecule has 1 saturated heterocycles. The van der Waals surface area contributed by atoms with E-state index >= 15 is 0 Å². The summed E-state index contributed by atoms with van der Waals surface area (Å²) < 4.78 is 29.2. The number of piperidine rings is 1. The average molecular weight is 307 g/mol. The summed E-state index contributed by atoms with van der Waals surface area (Å²) in [6.07, 6.45) is 3.48. The monoisotopic (exact) mass is 307 g/mol. The van der Waals surface area contributed by atoms with Gasteiger partial charge in [-0.2, -0.15) is 0 Å². The molecule has 7 nitrogen and oxygen atoms in total. The van der Waals surface area contributed by atoms with Crippen molar-refractivity contribution in [1.29, 1.82) is 0 Å². The molecule has 0 aromatic carbocycles. The van der Waals surface area contributed by atoms with Gasteiger partial charge >= 0.3 is 6.09 Å². The number of hydrogen-bond donors (Lipinski definition) is 2. The topological polar surface area (TPSA) is 87.7 Å². The summed E-state index contributed by atoms with van der Waals surface area (Å²) in [7, 11) is -3.09. The van der Waals surface area contributed by atoms with Crippen LogP contribution in [0, 0.1) is 0 Å². The van der Waals surface area contributed by atoms with E-state index in [1.165, 1.54) is 0 Å². The number of carbonyl (C=O) groups is 1. The van der Waals surface area contributed by atoms with Crippen LogP contribution in [0.3, 0.4) is 0 Å². The molecule has 0 saturated carbocycles. The van der Waals surface area contributed by atoms with E-state index in [1.807, 2.05) is 0 Å². The Hall–Kier alpha value is -0.860. The molecule has 0 spiro atoms. The first-order chi connectivity index (χ1) is 9.42. The van der Waals surface area contributed by atoms with Gasteiger partial charge in [0, 0.05) is 25.7 Å². The Morgan fingerprint density at radius 3 is 2.50 bits per heavy atom. The van der Waals surface area contributed by atoms with Crippen LogP contribution >= 0.6 is 0 Å². The summed E-state index contributed by atoms with van der Waals surface area (Å²) in [6.45, 7) is 4.84. The van der Waals surface area contributed by atoms with Crippen LogP contribution in [0.2, 0.25) is 0 Å². The minimum Gasteiger partial charge on any atom is -0.450 e. The second-order valence-corrected chi connectivity index (χ2v) is 6.77. The number of nitrogens with one attached hydrogen (secondary N) is 2. The quantitative estimate of drug-likeness (QED) is 0.653. The first-order valence-electron chi connectivity index (χ1n) is 7.02. The maximum absolute atomic E-state index is 11.5. The van der Waals surface area contributed by atoms with Gasteiger partial charge in [0.2, 0.25) is 10.0 Å². The highest BCUT2D eigenvalue weighted by Gasteiger charge is 2.22. The third kappa shape index (κ3) is 7.06. The molecular formula is C12H25N3O4S. The van der Waals surface area contributed by atoms with Crippen molar-refractivity contribution in [2.75, 3.05) is 39.0 Å². The van der Waals surface area contributed by atoms with Gasteiger partial charge in [0.15, 0.2) is 0 Å². The van der Waals surface area contributed by atoms with Gasteiger partial charge in [-0.3, -0.25) is 0 Å². The van der Waals surface area contributed by atoms with E-state index in [2.05, 4.69) is 10.0 Å². The van der Waals surface area contributed by atoms with Crippen molar-refractivity contribution in [3.8, 4) is 0 Å². The van der Waals surface area contributed by atoms with E-state index in [4.69, 9.17) is 4.74 Å². The van der Waals surface area contributed by atoms with Crippen molar-refractivity contribution in [2.24, 2.45) is 0 Å². The first kappa shape index (κ1) is 17.2. The van der Waals surface area contributed by atoms with Gasteiger partial charge in [0.1, 0.15) is 0 Å². The Kier molecular flexibility index (Phi) is 7.25. The summed E-state index contributed by atoms with van der Waals surface area (Å²) in [4.78, 5) is 13.2. The van der Waals surface area contributed by atoms with Gasteiger partial charge in [-0.1, -0.05) is 0 Å². The zero-order valence-electron chi connectivity index (χ0n) is 12.2. The largest absolute Gasteiger partial charge is 0.450 e. The standard InChI is InChI=1S/C12H25N3O4S/c1-3-19-12(16)15-9-5-11(6-10-15)13-7-4-8-14-20(2,17)18/h11,13-14H,3-10H2,1-2H3. The fourth-order valence-corrected chi connectivity index (χ4v) is 2.65. The Balaban J connectivity index is 2.09. The van der Waals surface area contributed by atoms with Gasteiger partial charge in [0.05, 0.1) is 12.9 Å². The third-order valence-corrected chi connectivity index (χ3v) is 3.90. The molecule has 1 rings (SSSR count). The molecule has 0 unspecified atom stereocenters. The number of carbonyl (C=O) groups excluding carboxylic acids is 1. The lowest BCUT2D eigenvalue weighted by Gasteiger charge is -2.31. The smallest absolute Gasteiger partial charge is 0.409 e. The Labute approximate surface area is 121 Å². The highest BCUT2D eigenvalue weighted by atomic mass is 32.2. The van der Waals surface area contributed by atoms with Gasteiger partial charge in [0.25, 0.3) is 0 Å². The van der Waals surface area contributed by atoms with Crippen LogP contribution in [0.15, 0.2) is 0 Å². The average Bonchev–Trinajstić information content (AvgIpc) is 2.38. The molecule has 0 atom stereocenters. The number of likely N-dealkylation sites (tertiary alicyclic amines) is 1. The van der Waals surface area contributed by atoms with Crippen molar-refractivity contribution in [3.63, 3.8) is 0 Å². The maximum Gasteiger partial charge on any atom is 0.409 e. The van der Waals surface area contributed by atoms with Crippen LogP contribution in [-0.4, -0.2) is 64.5 Å². The second-order valence-electron chi connectivity index (χ2n) is 4.93. The lowest BCUT2D eigenvalue weighted by Crippen LogP contribution is -2.45. The Bertz CT molecular complexity index is 392. The Morgan fingerprint density at radius 1 is 1.30 bits per heavy atom. The number of sulfonamides is 1. The number of hydrogen-bond acceptors (Lipinski definition) is 5. The van der Waals surface area contributed by atoms with E-state index in [0.29, 0.717) is 32.3 Å². The summed E-state index contributed by atoms with van der Waals surface area (Å²) in [5.74, 6) is 0. The Morgan fingerprint density at radius 2 is 1.95 bits per heavy atom. The van der Waals surface area contributed by atoms with Crippen molar-refractivity contribution < 1.29 is 17.9 Å². The molecule has 0 aromatic heterocycles. The van der Waals surface area contributed by atoms with Gasteiger partial charge < -0.3 is 15.0 Å². The van der Waals surface area contributed by atoms with Crippen LogP contribution in [0.25, 0.3) is 0 Å². The minimum atomic E-state index is -3.09. The predicted octanol–water partition coefficient (Wildman–Crippen LogP) is 0.136. The zero-order valence-corrected chi connectivity index (χ0v) is 13.0. The van der Waals surface area contributed by atoms with Crippen molar-refractivity contribution in [3.05, 3.63) is 0 Å². The molecular weight excluding hydrogens is 282 g/mol. The molecule has 1 aliphatic heterocycles. The predicted molar refractivity (Wildman–Crippen MR) is 77.1 cm³/mol. The van der Waals surface area contributed by atoms with Crippen LogP contribution in [0.1, 0.15) is 26.2 Å². The number of nitrogens with zero attached hydrogens (tertiary/aromatic N) is 1. The molecule has 0 aromatic rings. The lowest BCUT2D eigenvalue weighted by atomic mass is 10.1. The summed E-state index contributed by atoms with van der Waals surface area (Å²) in [6, 6.07) is 0.388. The molecule has 0 bridgehead atoms. The van der Waals surface area contributed by atoms with Crippen LogP contribution in [0.4, 0.5) is 4.79 Å². The SMILES string of the molecule is CCOC(=O)N1CCC(NCCCNS(C)(=O)=O)CC1. The molecule has 1 heterocycles. The number of rotatable bonds is 7. The molecule has 0 radical (unpaired) electrons. The van der Waals surface area contributed by atoms with Crippen molar-refractivity contribution in [2.45, 2.75) is 32.2 Å². The van der Waals surface area contributed by atoms with Crippen molar-refractivity contribution >= 4 is 16.1 Å². The van der Waals surface area contributed by atoms with Gasteiger partial charge in [-0.15, -0.1) is 0 Å². The fourth-order valence-electron chi connectivity index (χ4n) is 2.13. The fraction of sp³-hybridized carbons (Fsp3) is 0.917. The normalized spacial score (nSPS) is 17.2. The van der Waals surface area contributed by atoms with Crippen LogP contribution in [0.5, 0.6) is 0 Å². The van der Waals surface area contributed by atoms with E-state index in [9.17, 15) is 13.2 Å². The van der Waals surface area contributed by atoms with Crippen LogP contribution in [-0.2, 0) is 14.8 Å². The highest BCUT2D eigenvalue weighted by Crippen LogP contribution is 2.11. The van der Waals surface area contributed by atoms with Gasteiger partial charge in [-0.25, -0.2) is 17.9 Å². The van der Waals surface area contributed by atoms with E-state index in [1.54, 1.807) is 11.8 Å². The van der Waals surface area contributed by atoms with E-state index in [-0.39, 0.29) is 6.09 Å². The molecule has 118 valence electrons. The minimum absolute atomic E-state index is 0.233.